The van der Waals surface area contributed by atoms with Gasteiger partial charge in [-0.2, -0.15) is 0 Å². The number of nitrogens with zero attached hydrogens (tertiary/aromatic N) is 3. The number of para-hydroxylation sites is 1. The van der Waals surface area contributed by atoms with E-state index in [4.69, 9.17) is 4.74 Å². The SMILES string of the molecule is CCOc1ccccc1-c1nc2ccccn2c1N=O. The molecule has 5 nitrogen and oxygen atoms in total. The molecule has 0 amide bonds. The van der Waals surface area contributed by atoms with Crippen LogP contribution in [0.4, 0.5) is 5.82 Å². The van der Waals surface area contributed by atoms with E-state index < -0.39 is 0 Å². The van der Waals surface area contributed by atoms with Crippen LogP contribution < -0.4 is 4.74 Å². The quantitative estimate of drug-likeness (QED) is 0.675. The molecule has 2 aromatic heterocycles. The normalized spacial score (nSPS) is 10.7. The number of pyridine rings is 1. The van der Waals surface area contributed by atoms with Crippen molar-refractivity contribution in [2.24, 2.45) is 5.18 Å². The largest absolute Gasteiger partial charge is 0.493 e. The second-order valence-electron chi connectivity index (χ2n) is 4.23. The Kier molecular flexibility index (Phi) is 3.16. The first-order valence-electron chi connectivity index (χ1n) is 6.37. The van der Waals surface area contributed by atoms with E-state index in [9.17, 15) is 4.91 Å². The molecule has 20 heavy (non-hydrogen) atoms. The van der Waals surface area contributed by atoms with Gasteiger partial charge in [-0.3, -0.25) is 4.40 Å². The molecular weight excluding hydrogens is 254 g/mol. The Morgan fingerprint density at radius 3 is 2.80 bits per heavy atom. The Hall–Kier alpha value is -2.69. The number of aromatic nitrogens is 2. The van der Waals surface area contributed by atoms with Crippen molar-refractivity contribution in [1.82, 2.24) is 9.38 Å². The van der Waals surface area contributed by atoms with Gasteiger partial charge in [0, 0.05) is 11.8 Å². The highest BCUT2D eigenvalue weighted by Crippen LogP contribution is 2.36. The summed E-state index contributed by atoms with van der Waals surface area (Å²) in [5, 5.41) is 3.13. The average molecular weight is 267 g/mol. The second kappa shape index (κ2) is 5.13. The van der Waals surface area contributed by atoms with Crippen LogP contribution in [0.5, 0.6) is 5.75 Å². The first-order chi connectivity index (χ1) is 9.85. The molecule has 5 heteroatoms. The Morgan fingerprint density at radius 1 is 1.20 bits per heavy atom. The molecule has 0 unspecified atom stereocenters. The molecule has 0 saturated carbocycles. The van der Waals surface area contributed by atoms with Crippen LogP contribution in [0.2, 0.25) is 0 Å². The third kappa shape index (κ3) is 1.93. The summed E-state index contributed by atoms with van der Waals surface area (Å²) in [5.41, 5.74) is 1.99. The van der Waals surface area contributed by atoms with Gasteiger partial charge in [0.25, 0.3) is 0 Å². The highest BCUT2D eigenvalue weighted by Gasteiger charge is 2.17. The Morgan fingerprint density at radius 2 is 2.00 bits per heavy atom. The fourth-order valence-electron chi connectivity index (χ4n) is 2.19. The first kappa shape index (κ1) is 12.3. The van der Waals surface area contributed by atoms with Crippen molar-refractivity contribution >= 4 is 11.5 Å². The van der Waals surface area contributed by atoms with E-state index in [1.165, 1.54) is 0 Å². The van der Waals surface area contributed by atoms with Gasteiger partial charge < -0.3 is 4.74 Å². The van der Waals surface area contributed by atoms with Crippen molar-refractivity contribution in [2.45, 2.75) is 6.92 Å². The minimum absolute atomic E-state index is 0.285. The summed E-state index contributed by atoms with van der Waals surface area (Å²) in [6, 6.07) is 13.0. The van der Waals surface area contributed by atoms with Crippen LogP contribution in [0.1, 0.15) is 6.92 Å². The maximum absolute atomic E-state index is 11.2. The van der Waals surface area contributed by atoms with Crippen LogP contribution in [-0.4, -0.2) is 16.0 Å². The van der Waals surface area contributed by atoms with E-state index >= 15 is 0 Å². The van der Waals surface area contributed by atoms with Gasteiger partial charge in [0.2, 0.25) is 5.82 Å². The lowest BCUT2D eigenvalue weighted by molar-refractivity contribution is 0.341. The second-order valence-corrected chi connectivity index (χ2v) is 4.23. The number of ether oxygens (including phenoxy) is 1. The van der Waals surface area contributed by atoms with Crippen LogP contribution in [0.15, 0.2) is 53.8 Å². The van der Waals surface area contributed by atoms with Crippen LogP contribution >= 0.6 is 0 Å². The van der Waals surface area contributed by atoms with Crippen molar-refractivity contribution in [3.63, 3.8) is 0 Å². The molecule has 0 bridgehead atoms. The first-order valence-corrected chi connectivity index (χ1v) is 6.37. The fraction of sp³-hybridized carbons (Fsp3) is 0.133. The molecule has 0 atom stereocenters. The standard InChI is InChI=1S/C15H13N3O2/c1-2-20-12-8-4-3-7-11(12)14-15(17-19)18-10-6-5-9-13(18)16-14/h3-10H,2H2,1H3. The summed E-state index contributed by atoms with van der Waals surface area (Å²) in [7, 11) is 0. The van der Waals surface area contributed by atoms with E-state index in [0.29, 0.717) is 23.7 Å². The smallest absolute Gasteiger partial charge is 0.209 e. The van der Waals surface area contributed by atoms with Crippen LogP contribution in [0.3, 0.4) is 0 Å². The maximum Gasteiger partial charge on any atom is 0.209 e. The predicted molar refractivity (Wildman–Crippen MR) is 77.3 cm³/mol. The summed E-state index contributed by atoms with van der Waals surface area (Å²) in [6.45, 7) is 2.47. The summed E-state index contributed by atoms with van der Waals surface area (Å²) in [5.74, 6) is 0.982. The fourth-order valence-corrected chi connectivity index (χ4v) is 2.19. The summed E-state index contributed by atoms with van der Waals surface area (Å²) in [6.07, 6.45) is 1.77. The molecule has 3 aromatic rings. The van der Waals surface area contributed by atoms with Gasteiger partial charge in [0.05, 0.1) is 6.61 Å². The molecule has 0 aliphatic rings. The molecule has 2 heterocycles. The van der Waals surface area contributed by atoms with Crippen LogP contribution in [0.25, 0.3) is 16.9 Å². The monoisotopic (exact) mass is 267 g/mol. The lowest BCUT2D eigenvalue weighted by Gasteiger charge is -2.07. The van der Waals surface area contributed by atoms with Gasteiger partial charge in [-0.15, -0.1) is 4.91 Å². The predicted octanol–water partition coefficient (Wildman–Crippen LogP) is 3.80. The number of rotatable bonds is 4. The molecule has 0 N–H and O–H groups in total. The highest BCUT2D eigenvalue weighted by atomic mass is 16.5. The molecule has 1 aromatic carbocycles. The van der Waals surface area contributed by atoms with Gasteiger partial charge in [-0.25, -0.2) is 4.98 Å². The summed E-state index contributed by atoms with van der Waals surface area (Å²) in [4.78, 5) is 15.7. The number of imidazole rings is 1. The molecule has 0 aliphatic heterocycles. The minimum Gasteiger partial charge on any atom is -0.493 e. The molecule has 0 spiro atoms. The van der Waals surface area contributed by atoms with Gasteiger partial charge >= 0.3 is 0 Å². The van der Waals surface area contributed by atoms with Gasteiger partial charge in [-0.05, 0) is 36.4 Å². The van der Waals surface area contributed by atoms with E-state index in [0.717, 1.165) is 5.56 Å². The number of fused-ring (bicyclic) bond motifs is 1. The molecule has 0 fully saturated rings. The molecule has 0 saturated heterocycles. The molecule has 100 valence electrons. The number of hydrogen-bond donors (Lipinski definition) is 0. The van der Waals surface area contributed by atoms with Crippen molar-refractivity contribution in [3.05, 3.63) is 53.6 Å². The lowest BCUT2D eigenvalue weighted by atomic mass is 10.1. The van der Waals surface area contributed by atoms with Crippen molar-refractivity contribution in [2.75, 3.05) is 6.61 Å². The average Bonchev–Trinajstić information content (AvgIpc) is 2.86. The highest BCUT2D eigenvalue weighted by molar-refractivity contribution is 5.78. The molecule has 0 radical (unpaired) electrons. The number of nitroso groups, excluding NO2 is 1. The molecule has 3 rings (SSSR count). The van der Waals surface area contributed by atoms with E-state index in [1.807, 2.05) is 49.4 Å². The Bertz CT molecular complexity index is 765. The summed E-state index contributed by atoms with van der Waals surface area (Å²) >= 11 is 0. The third-order valence-electron chi connectivity index (χ3n) is 3.03. The summed E-state index contributed by atoms with van der Waals surface area (Å²) < 4.78 is 7.27. The zero-order chi connectivity index (χ0) is 13.9. The Balaban J connectivity index is 2.27. The maximum atomic E-state index is 11.2. The third-order valence-corrected chi connectivity index (χ3v) is 3.03. The van der Waals surface area contributed by atoms with E-state index in [-0.39, 0.29) is 5.82 Å². The van der Waals surface area contributed by atoms with Gasteiger partial charge in [-0.1, -0.05) is 18.2 Å². The van der Waals surface area contributed by atoms with E-state index in [2.05, 4.69) is 10.2 Å². The van der Waals surface area contributed by atoms with Crippen LogP contribution in [0, 0.1) is 4.91 Å². The van der Waals surface area contributed by atoms with E-state index in [1.54, 1.807) is 10.6 Å². The van der Waals surface area contributed by atoms with Gasteiger partial charge in [0.15, 0.2) is 0 Å². The molecule has 0 aliphatic carbocycles. The van der Waals surface area contributed by atoms with Gasteiger partial charge in [0.1, 0.15) is 17.1 Å². The minimum atomic E-state index is 0.285. The lowest BCUT2D eigenvalue weighted by Crippen LogP contribution is -1.94. The zero-order valence-corrected chi connectivity index (χ0v) is 11.0. The molecular formula is C15H13N3O2. The number of benzene rings is 1. The van der Waals surface area contributed by atoms with Crippen LogP contribution in [-0.2, 0) is 0 Å². The number of hydrogen-bond acceptors (Lipinski definition) is 4. The zero-order valence-electron chi connectivity index (χ0n) is 11.0. The Labute approximate surface area is 115 Å². The van der Waals surface area contributed by atoms with Crippen molar-refractivity contribution in [1.29, 1.82) is 0 Å². The van der Waals surface area contributed by atoms with Crippen molar-refractivity contribution < 1.29 is 4.74 Å². The van der Waals surface area contributed by atoms with Crippen molar-refractivity contribution in [3.8, 4) is 17.0 Å². The topological polar surface area (TPSA) is 56.0 Å².